The molecule has 31 heavy (non-hydrogen) atoms. The molecule has 0 saturated heterocycles. The van der Waals surface area contributed by atoms with Crippen molar-refractivity contribution < 1.29 is 0 Å². The first-order chi connectivity index (χ1) is 15.3. The van der Waals surface area contributed by atoms with Gasteiger partial charge in [-0.15, -0.1) is 0 Å². The molecule has 0 atom stereocenters. The van der Waals surface area contributed by atoms with Gasteiger partial charge in [-0.25, -0.2) is 0 Å². The molecule has 0 bridgehead atoms. The lowest BCUT2D eigenvalue weighted by molar-refractivity contribution is 0.723. The molecule has 0 aromatic heterocycles. The Kier molecular flexibility index (Phi) is 3.57. The summed E-state index contributed by atoms with van der Waals surface area (Å²) in [5.74, 6) is 0. The predicted octanol–water partition coefficient (Wildman–Crippen LogP) is 8.32. The fourth-order valence-electron chi connectivity index (χ4n) is 5.56. The Morgan fingerprint density at radius 1 is 0.516 bits per heavy atom. The maximum atomic E-state index is 6.53. The molecular formula is C29H17ClS. The second kappa shape index (κ2) is 6.26. The summed E-state index contributed by atoms with van der Waals surface area (Å²) in [5.41, 5.74) is 7.58. The minimum absolute atomic E-state index is 0.336. The lowest BCUT2D eigenvalue weighted by atomic mass is 9.67. The number of fused-ring (bicyclic) bond motifs is 10. The third kappa shape index (κ3) is 2.23. The molecule has 0 saturated carbocycles. The van der Waals surface area contributed by atoms with Crippen LogP contribution in [0.3, 0.4) is 0 Å². The molecule has 2 aliphatic rings. The molecule has 1 heterocycles. The highest BCUT2D eigenvalue weighted by atomic mass is 35.5. The zero-order valence-corrected chi connectivity index (χ0v) is 18.2. The molecule has 0 unspecified atom stereocenters. The van der Waals surface area contributed by atoms with E-state index in [2.05, 4.69) is 97.1 Å². The summed E-state index contributed by atoms with van der Waals surface area (Å²) in [6, 6.07) is 37.6. The Hall–Kier alpha value is -3.00. The summed E-state index contributed by atoms with van der Waals surface area (Å²) in [5, 5.41) is 3.31. The fraction of sp³-hybridized carbons (Fsp3) is 0.0345. The first-order valence-corrected chi connectivity index (χ1v) is 11.7. The van der Waals surface area contributed by atoms with Crippen LogP contribution in [0, 0.1) is 0 Å². The van der Waals surface area contributed by atoms with Gasteiger partial charge in [-0.2, -0.15) is 0 Å². The molecule has 0 N–H and O–H groups in total. The van der Waals surface area contributed by atoms with Crippen LogP contribution in [-0.2, 0) is 5.41 Å². The largest absolute Gasteiger partial charge is 0.0894 e. The highest BCUT2D eigenvalue weighted by Gasteiger charge is 2.50. The van der Waals surface area contributed by atoms with Gasteiger partial charge in [0.15, 0.2) is 0 Å². The third-order valence-electron chi connectivity index (χ3n) is 6.77. The van der Waals surface area contributed by atoms with Gasteiger partial charge >= 0.3 is 0 Å². The lowest BCUT2D eigenvalue weighted by Crippen LogP contribution is -2.31. The van der Waals surface area contributed by atoms with E-state index in [0.29, 0.717) is 0 Å². The van der Waals surface area contributed by atoms with Crippen LogP contribution in [0.25, 0.3) is 21.9 Å². The van der Waals surface area contributed by atoms with Crippen LogP contribution in [0.1, 0.15) is 22.3 Å². The Bertz CT molecular complexity index is 1490. The van der Waals surface area contributed by atoms with E-state index in [4.69, 9.17) is 11.6 Å². The molecule has 0 nitrogen and oxygen atoms in total. The monoisotopic (exact) mass is 432 g/mol. The van der Waals surface area contributed by atoms with Gasteiger partial charge < -0.3 is 0 Å². The quantitative estimate of drug-likeness (QED) is 0.232. The second-order valence-corrected chi connectivity index (χ2v) is 9.80. The Morgan fingerprint density at radius 2 is 1.10 bits per heavy atom. The first-order valence-electron chi connectivity index (χ1n) is 10.5. The van der Waals surface area contributed by atoms with Gasteiger partial charge in [0.1, 0.15) is 0 Å². The van der Waals surface area contributed by atoms with E-state index in [1.165, 1.54) is 53.9 Å². The molecule has 0 fully saturated rings. The van der Waals surface area contributed by atoms with E-state index in [1.54, 1.807) is 0 Å². The number of benzene rings is 5. The minimum Gasteiger partial charge on any atom is -0.0894 e. The molecule has 1 aliphatic heterocycles. The molecule has 0 radical (unpaired) electrons. The van der Waals surface area contributed by atoms with Gasteiger partial charge in [-0.3, -0.25) is 0 Å². The maximum absolute atomic E-state index is 6.53. The van der Waals surface area contributed by atoms with Crippen LogP contribution < -0.4 is 0 Å². The molecule has 2 heteroatoms. The number of rotatable bonds is 0. The smallest absolute Gasteiger partial charge is 0.0735 e. The summed E-state index contributed by atoms with van der Waals surface area (Å²) >= 11 is 8.41. The van der Waals surface area contributed by atoms with Crippen LogP contribution in [0.2, 0.25) is 5.02 Å². The van der Waals surface area contributed by atoms with E-state index in [1.807, 2.05) is 17.8 Å². The van der Waals surface area contributed by atoms with Crippen molar-refractivity contribution in [3.63, 3.8) is 0 Å². The SMILES string of the molecule is Clc1ccc2c(c1)-c1cc3ccccc3cc1C21c2ccccc2Sc2ccccc21. The van der Waals surface area contributed by atoms with E-state index < -0.39 is 0 Å². The van der Waals surface area contributed by atoms with Crippen molar-refractivity contribution in [2.24, 2.45) is 0 Å². The van der Waals surface area contributed by atoms with Crippen molar-refractivity contribution in [3.8, 4) is 11.1 Å². The second-order valence-electron chi connectivity index (χ2n) is 8.28. The molecule has 7 rings (SSSR count). The molecule has 1 aliphatic carbocycles. The normalized spacial score (nSPS) is 14.7. The minimum atomic E-state index is -0.336. The predicted molar refractivity (Wildman–Crippen MR) is 130 cm³/mol. The highest BCUT2D eigenvalue weighted by molar-refractivity contribution is 7.99. The van der Waals surface area contributed by atoms with Crippen molar-refractivity contribution in [1.82, 2.24) is 0 Å². The maximum Gasteiger partial charge on any atom is 0.0735 e. The Balaban J connectivity index is 1.73. The Labute approximate surface area is 190 Å². The van der Waals surface area contributed by atoms with Gasteiger partial charge in [-0.05, 0) is 80.6 Å². The number of hydrogen-bond acceptors (Lipinski definition) is 1. The zero-order chi connectivity index (χ0) is 20.6. The van der Waals surface area contributed by atoms with Gasteiger partial charge in [-0.1, -0.05) is 90.1 Å². The summed E-state index contributed by atoms with van der Waals surface area (Å²) in [4.78, 5) is 2.64. The molecular weight excluding hydrogens is 416 g/mol. The van der Waals surface area contributed by atoms with Crippen LogP contribution in [0.15, 0.2) is 113 Å². The number of hydrogen-bond donors (Lipinski definition) is 0. The van der Waals surface area contributed by atoms with Crippen LogP contribution in [-0.4, -0.2) is 0 Å². The van der Waals surface area contributed by atoms with Gasteiger partial charge in [0.25, 0.3) is 0 Å². The average molecular weight is 433 g/mol. The van der Waals surface area contributed by atoms with E-state index in [0.717, 1.165) is 5.02 Å². The van der Waals surface area contributed by atoms with E-state index >= 15 is 0 Å². The van der Waals surface area contributed by atoms with E-state index in [-0.39, 0.29) is 5.41 Å². The summed E-state index contributed by atoms with van der Waals surface area (Å²) in [6.45, 7) is 0. The van der Waals surface area contributed by atoms with E-state index in [9.17, 15) is 0 Å². The van der Waals surface area contributed by atoms with Crippen molar-refractivity contribution in [3.05, 3.63) is 130 Å². The molecule has 5 aromatic carbocycles. The standard InChI is InChI=1S/C29H17ClS/c30-20-13-14-23-22(17-20)21-15-18-7-1-2-8-19(18)16-26(21)29(23)24-9-3-5-11-27(24)31-28-12-6-4-10-25(28)29/h1-17H. The van der Waals surface area contributed by atoms with Crippen molar-refractivity contribution in [2.75, 3.05) is 0 Å². The summed E-state index contributed by atoms with van der Waals surface area (Å²) in [7, 11) is 0. The number of halogens is 1. The zero-order valence-electron chi connectivity index (χ0n) is 16.6. The average Bonchev–Trinajstić information content (AvgIpc) is 3.07. The third-order valence-corrected chi connectivity index (χ3v) is 8.15. The summed E-state index contributed by atoms with van der Waals surface area (Å²) < 4.78 is 0. The molecule has 5 aromatic rings. The van der Waals surface area contributed by atoms with Crippen LogP contribution in [0.4, 0.5) is 0 Å². The molecule has 1 spiro atoms. The topological polar surface area (TPSA) is 0 Å². The van der Waals surface area contributed by atoms with Crippen LogP contribution in [0.5, 0.6) is 0 Å². The molecule has 0 amide bonds. The van der Waals surface area contributed by atoms with Gasteiger partial charge in [0.05, 0.1) is 5.41 Å². The first kappa shape index (κ1) is 17.7. The Morgan fingerprint density at radius 3 is 1.81 bits per heavy atom. The summed E-state index contributed by atoms with van der Waals surface area (Å²) in [6.07, 6.45) is 0. The van der Waals surface area contributed by atoms with Crippen molar-refractivity contribution in [2.45, 2.75) is 15.2 Å². The van der Waals surface area contributed by atoms with Crippen molar-refractivity contribution >= 4 is 34.1 Å². The lowest BCUT2D eigenvalue weighted by Gasteiger charge is -2.39. The molecule has 146 valence electrons. The van der Waals surface area contributed by atoms with Gasteiger partial charge in [0, 0.05) is 14.8 Å². The van der Waals surface area contributed by atoms with Crippen LogP contribution >= 0.6 is 23.4 Å². The van der Waals surface area contributed by atoms with Crippen molar-refractivity contribution in [1.29, 1.82) is 0 Å². The fourth-order valence-corrected chi connectivity index (χ4v) is 6.92. The van der Waals surface area contributed by atoms with Gasteiger partial charge in [0.2, 0.25) is 0 Å². The highest BCUT2D eigenvalue weighted by Crippen LogP contribution is 2.62.